The van der Waals surface area contributed by atoms with Crippen molar-refractivity contribution in [2.45, 2.75) is 26.4 Å². The van der Waals surface area contributed by atoms with Crippen LogP contribution in [0.25, 0.3) is 11.4 Å². The third kappa shape index (κ3) is 3.99. The van der Waals surface area contributed by atoms with Gasteiger partial charge in [-0.15, -0.1) is 0 Å². The Morgan fingerprint density at radius 2 is 2.07 bits per heavy atom. The lowest BCUT2D eigenvalue weighted by atomic mass is 10.1. The van der Waals surface area contributed by atoms with E-state index in [1.165, 1.54) is 6.92 Å². The number of carbonyl (C=O) groups is 1. The van der Waals surface area contributed by atoms with Gasteiger partial charge in [0.15, 0.2) is 0 Å². The van der Waals surface area contributed by atoms with Gasteiger partial charge in [0, 0.05) is 56.6 Å². The van der Waals surface area contributed by atoms with Crippen LogP contribution in [-0.2, 0) is 24.3 Å². The number of benzene rings is 1. The van der Waals surface area contributed by atoms with Gasteiger partial charge in [-0.2, -0.15) is 0 Å². The Morgan fingerprint density at radius 3 is 2.79 bits per heavy atom. The normalized spacial score (nSPS) is 13.8. The largest absolute Gasteiger partial charge is 0.326 e. The molecule has 1 aromatic carbocycles. The minimum absolute atomic E-state index is 0.0854. The molecule has 2 aromatic heterocycles. The van der Waals surface area contributed by atoms with Gasteiger partial charge in [0.1, 0.15) is 5.82 Å². The van der Waals surface area contributed by atoms with Gasteiger partial charge in [0.05, 0.1) is 11.3 Å². The van der Waals surface area contributed by atoms with E-state index in [1.807, 2.05) is 36.4 Å². The lowest BCUT2D eigenvalue weighted by Crippen LogP contribution is -2.35. The van der Waals surface area contributed by atoms with Gasteiger partial charge in [-0.25, -0.2) is 4.98 Å². The number of aromatic nitrogens is 3. The van der Waals surface area contributed by atoms with Gasteiger partial charge >= 0.3 is 0 Å². The van der Waals surface area contributed by atoms with Crippen molar-refractivity contribution in [1.82, 2.24) is 19.9 Å². The summed E-state index contributed by atoms with van der Waals surface area (Å²) in [5.74, 6) is 0.483. The highest BCUT2D eigenvalue weighted by Crippen LogP contribution is 2.20. The van der Waals surface area contributed by atoms with Crippen LogP contribution in [-0.4, -0.2) is 32.3 Å². The fourth-order valence-electron chi connectivity index (χ4n) is 3.41. The van der Waals surface area contributed by atoms with Crippen molar-refractivity contribution in [3.63, 3.8) is 0 Å². The minimum Gasteiger partial charge on any atom is -0.326 e. The van der Waals surface area contributed by atoms with E-state index in [9.17, 15) is 9.59 Å². The summed E-state index contributed by atoms with van der Waals surface area (Å²) in [6.07, 6.45) is 4.13. The van der Waals surface area contributed by atoms with E-state index in [4.69, 9.17) is 0 Å². The number of H-pyrrole nitrogens is 1. The van der Waals surface area contributed by atoms with Crippen LogP contribution in [0.15, 0.2) is 53.6 Å². The van der Waals surface area contributed by atoms with E-state index < -0.39 is 0 Å². The van der Waals surface area contributed by atoms with Crippen LogP contribution in [0.3, 0.4) is 0 Å². The Morgan fingerprint density at radius 1 is 1.25 bits per heavy atom. The number of anilines is 1. The molecule has 0 atom stereocenters. The molecule has 142 valence electrons. The second-order valence-electron chi connectivity index (χ2n) is 6.92. The molecule has 0 saturated heterocycles. The maximum Gasteiger partial charge on any atom is 0.255 e. The maximum absolute atomic E-state index is 12.6. The number of carbonyl (C=O) groups excluding carboxylic acids is 1. The number of nitrogens with one attached hydrogen (secondary N) is 2. The number of fused-ring (bicyclic) bond motifs is 1. The second-order valence-corrected chi connectivity index (χ2v) is 6.92. The first kappa shape index (κ1) is 18.1. The number of hydrogen-bond acceptors (Lipinski definition) is 5. The minimum atomic E-state index is -0.0884. The molecule has 0 spiro atoms. The monoisotopic (exact) mass is 375 g/mol. The molecule has 1 amide bonds. The summed E-state index contributed by atoms with van der Waals surface area (Å²) in [5, 5.41) is 2.76. The zero-order valence-electron chi connectivity index (χ0n) is 15.6. The smallest absolute Gasteiger partial charge is 0.255 e. The van der Waals surface area contributed by atoms with Crippen LogP contribution in [0.5, 0.6) is 0 Å². The zero-order valence-corrected chi connectivity index (χ0v) is 15.6. The predicted octanol–water partition coefficient (Wildman–Crippen LogP) is 2.35. The number of amides is 1. The summed E-state index contributed by atoms with van der Waals surface area (Å²) in [6.45, 7) is 3.63. The highest BCUT2D eigenvalue weighted by Gasteiger charge is 2.21. The molecule has 0 aliphatic carbocycles. The van der Waals surface area contributed by atoms with Crippen LogP contribution in [0.2, 0.25) is 0 Å². The number of rotatable bonds is 4. The molecular weight excluding hydrogens is 354 g/mol. The average Bonchev–Trinajstić information content (AvgIpc) is 2.70. The van der Waals surface area contributed by atoms with Gasteiger partial charge in [0.25, 0.3) is 5.56 Å². The van der Waals surface area contributed by atoms with Gasteiger partial charge in [-0.05, 0) is 29.8 Å². The Balaban J connectivity index is 1.49. The third-order valence-electron chi connectivity index (χ3n) is 4.76. The summed E-state index contributed by atoms with van der Waals surface area (Å²) < 4.78 is 0. The molecule has 0 radical (unpaired) electrons. The fourth-order valence-corrected chi connectivity index (χ4v) is 3.41. The van der Waals surface area contributed by atoms with Crippen LogP contribution >= 0.6 is 0 Å². The average molecular weight is 375 g/mol. The van der Waals surface area contributed by atoms with Crippen molar-refractivity contribution in [2.75, 3.05) is 11.9 Å². The molecule has 28 heavy (non-hydrogen) atoms. The first-order valence-corrected chi connectivity index (χ1v) is 9.20. The quantitative estimate of drug-likeness (QED) is 0.730. The Hall–Kier alpha value is -3.32. The van der Waals surface area contributed by atoms with E-state index in [-0.39, 0.29) is 11.5 Å². The maximum atomic E-state index is 12.6. The van der Waals surface area contributed by atoms with Gasteiger partial charge in [0.2, 0.25) is 5.91 Å². The number of aromatic amines is 1. The molecule has 3 heterocycles. The van der Waals surface area contributed by atoms with Crippen molar-refractivity contribution < 1.29 is 4.79 Å². The standard InChI is InChI=1S/C21H21N5O2/c1-14(27)23-17-6-4-15(5-7-17)12-26-10-8-19-18(13-26)21(28)25-20(24-19)16-3-2-9-22-11-16/h2-7,9,11H,8,10,12-13H2,1H3,(H,23,27)(H,24,25,28). The van der Waals surface area contributed by atoms with Crippen molar-refractivity contribution in [3.05, 3.63) is 76.0 Å². The highest BCUT2D eigenvalue weighted by molar-refractivity contribution is 5.88. The van der Waals surface area contributed by atoms with E-state index in [0.29, 0.717) is 12.4 Å². The second kappa shape index (κ2) is 7.74. The first-order valence-electron chi connectivity index (χ1n) is 9.20. The molecule has 7 heteroatoms. The van der Waals surface area contributed by atoms with Crippen molar-refractivity contribution in [2.24, 2.45) is 0 Å². The highest BCUT2D eigenvalue weighted by atomic mass is 16.1. The first-order chi connectivity index (χ1) is 13.6. The lowest BCUT2D eigenvalue weighted by Gasteiger charge is -2.27. The molecule has 0 unspecified atom stereocenters. The third-order valence-corrected chi connectivity index (χ3v) is 4.76. The van der Waals surface area contributed by atoms with Crippen molar-refractivity contribution in [3.8, 4) is 11.4 Å². The Labute approximate surface area is 162 Å². The molecule has 0 bridgehead atoms. The molecule has 3 aromatic rings. The van der Waals surface area contributed by atoms with Gasteiger partial charge < -0.3 is 10.3 Å². The summed E-state index contributed by atoms with van der Waals surface area (Å²) >= 11 is 0. The van der Waals surface area contributed by atoms with Crippen LogP contribution in [0, 0.1) is 0 Å². The van der Waals surface area contributed by atoms with Crippen LogP contribution < -0.4 is 10.9 Å². The molecule has 4 rings (SSSR count). The molecule has 1 aliphatic heterocycles. The van der Waals surface area contributed by atoms with Crippen LogP contribution in [0.1, 0.15) is 23.7 Å². The van der Waals surface area contributed by atoms with E-state index in [1.54, 1.807) is 12.4 Å². The predicted molar refractivity (Wildman–Crippen MR) is 107 cm³/mol. The molecule has 1 aliphatic rings. The summed E-state index contributed by atoms with van der Waals surface area (Å²) in [7, 11) is 0. The van der Waals surface area contributed by atoms with Crippen LogP contribution in [0.4, 0.5) is 5.69 Å². The fraction of sp³-hybridized carbons (Fsp3) is 0.238. The summed E-state index contributed by atoms with van der Waals surface area (Å²) in [6, 6.07) is 11.5. The van der Waals surface area contributed by atoms with Crippen molar-refractivity contribution in [1.29, 1.82) is 0 Å². The topological polar surface area (TPSA) is 91.0 Å². The number of pyridine rings is 1. The Bertz CT molecular complexity index is 1040. The number of hydrogen-bond donors (Lipinski definition) is 2. The molecule has 0 fully saturated rings. The lowest BCUT2D eigenvalue weighted by molar-refractivity contribution is -0.114. The van der Waals surface area contributed by atoms with E-state index in [0.717, 1.165) is 47.6 Å². The van der Waals surface area contributed by atoms with Crippen molar-refractivity contribution >= 4 is 11.6 Å². The van der Waals surface area contributed by atoms with E-state index >= 15 is 0 Å². The molecule has 2 N–H and O–H groups in total. The molecule has 0 saturated carbocycles. The summed E-state index contributed by atoms with van der Waals surface area (Å²) in [5.41, 5.74) is 4.23. The zero-order chi connectivity index (χ0) is 19.5. The van der Waals surface area contributed by atoms with Gasteiger partial charge in [-0.3, -0.25) is 19.5 Å². The summed E-state index contributed by atoms with van der Waals surface area (Å²) in [4.78, 5) is 37.6. The Kier molecular flexibility index (Phi) is 4.99. The molecule has 7 nitrogen and oxygen atoms in total. The SMILES string of the molecule is CC(=O)Nc1ccc(CN2CCc3nc(-c4cccnc4)[nH]c(=O)c3C2)cc1. The molecular formula is C21H21N5O2. The number of nitrogens with zero attached hydrogens (tertiary/aromatic N) is 3. The van der Waals surface area contributed by atoms with Gasteiger partial charge in [-0.1, -0.05) is 12.1 Å². The van der Waals surface area contributed by atoms with E-state index in [2.05, 4.69) is 25.2 Å².